The first-order chi connectivity index (χ1) is 21.2. The number of aliphatic imine (C=N–C) groups is 1. The molecule has 14 heteroatoms. The molecule has 0 aromatic heterocycles. The average molecular weight is 644 g/mol. The molecule has 3 aromatic carbocycles. The third-order valence-corrected chi connectivity index (χ3v) is 8.27. The van der Waals surface area contributed by atoms with E-state index in [0.717, 1.165) is 23.5 Å². The fourth-order valence-electron chi connectivity index (χ4n) is 4.63. The number of sulfone groups is 1. The van der Waals surface area contributed by atoms with E-state index in [0.29, 0.717) is 17.1 Å². The molecule has 45 heavy (non-hydrogen) atoms. The fourth-order valence-corrected chi connectivity index (χ4v) is 5.27. The Morgan fingerprint density at radius 2 is 1.73 bits per heavy atom. The van der Waals surface area contributed by atoms with Crippen LogP contribution in [-0.2, 0) is 14.6 Å². The van der Waals surface area contributed by atoms with Gasteiger partial charge < -0.3 is 15.4 Å². The zero-order valence-corrected chi connectivity index (χ0v) is 25.2. The van der Waals surface area contributed by atoms with E-state index in [1.54, 1.807) is 54.3 Å². The lowest BCUT2D eigenvalue weighted by molar-refractivity contribution is -0.153. The van der Waals surface area contributed by atoms with Gasteiger partial charge in [0.05, 0.1) is 16.5 Å². The summed E-state index contributed by atoms with van der Waals surface area (Å²) in [6, 6.07) is 16.7. The zero-order chi connectivity index (χ0) is 32.5. The number of nitrogens with zero attached hydrogens (tertiary/aromatic N) is 3. The van der Waals surface area contributed by atoms with Crippen molar-refractivity contribution < 1.29 is 35.5 Å². The van der Waals surface area contributed by atoms with Gasteiger partial charge in [0.1, 0.15) is 17.4 Å². The number of anilines is 2. The predicted molar refractivity (Wildman–Crippen MR) is 163 cm³/mol. The van der Waals surface area contributed by atoms with Crippen LogP contribution in [0, 0.1) is 5.82 Å². The lowest BCUT2D eigenvalue weighted by Gasteiger charge is -2.29. The van der Waals surface area contributed by atoms with Crippen LogP contribution in [0.2, 0.25) is 0 Å². The third kappa shape index (κ3) is 7.52. The zero-order valence-electron chi connectivity index (χ0n) is 24.3. The van der Waals surface area contributed by atoms with Crippen molar-refractivity contribution in [3.63, 3.8) is 0 Å². The molecule has 1 amide bonds. The number of alkyl halides is 3. The number of benzene rings is 3. The molecule has 0 bridgehead atoms. The highest BCUT2D eigenvalue weighted by atomic mass is 32.2. The van der Waals surface area contributed by atoms with E-state index in [2.05, 4.69) is 15.6 Å². The monoisotopic (exact) mass is 643 g/mol. The van der Waals surface area contributed by atoms with Gasteiger partial charge in [-0.3, -0.25) is 9.80 Å². The van der Waals surface area contributed by atoms with Crippen LogP contribution in [0.1, 0.15) is 24.0 Å². The van der Waals surface area contributed by atoms with Crippen molar-refractivity contribution in [2.45, 2.75) is 30.2 Å². The van der Waals surface area contributed by atoms with Crippen molar-refractivity contribution in [1.82, 2.24) is 10.0 Å². The van der Waals surface area contributed by atoms with Crippen LogP contribution in [0.25, 0.3) is 5.57 Å². The molecule has 2 N–H and O–H groups in total. The van der Waals surface area contributed by atoms with E-state index in [1.807, 2.05) is 24.4 Å². The maximum atomic E-state index is 13.2. The van der Waals surface area contributed by atoms with Gasteiger partial charge in [0, 0.05) is 31.3 Å². The Morgan fingerprint density at radius 1 is 1.04 bits per heavy atom. The normalized spacial score (nSPS) is 17.3. The summed E-state index contributed by atoms with van der Waals surface area (Å²) in [5.41, 5.74) is 3.09. The van der Waals surface area contributed by atoms with Crippen LogP contribution in [0.5, 0.6) is 5.75 Å². The molecule has 2 aliphatic rings. The molecule has 2 unspecified atom stereocenters. The van der Waals surface area contributed by atoms with Crippen molar-refractivity contribution >= 4 is 38.5 Å². The van der Waals surface area contributed by atoms with Gasteiger partial charge in [0.2, 0.25) is 5.91 Å². The second kappa shape index (κ2) is 12.4. The van der Waals surface area contributed by atoms with Crippen molar-refractivity contribution in [3.8, 4) is 5.75 Å². The van der Waals surface area contributed by atoms with Gasteiger partial charge in [-0.05, 0) is 72.2 Å². The molecule has 0 fully saturated rings. The lowest BCUT2D eigenvalue weighted by Crippen LogP contribution is -2.42. The highest BCUT2D eigenvalue weighted by Gasteiger charge is 2.32. The Kier molecular flexibility index (Phi) is 8.72. The molecule has 0 aliphatic carbocycles. The Balaban J connectivity index is 1.27. The molecule has 2 atom stereocenters. The minimum atomic E-state index is -4.62. The van der Waals surface area contributed by atoms with Gasteiger partial charge in [0.15, 0.2) is 22.7 Å². The summed E-state index contributed by atoms with van der Waals surface area (Å²) in [7, 11) is -1.97. The number of rotatable bonds is 9. The van der Waals surface area contributed by atoms with Crippen LogP contribution < -0.4 is 15.4 Å². The van der Waals surface area contributed by atoms with Gasteiger partial charge in [-0.15, -0.1) is 0 Å². The number of allylic oxidation sites excluding steroid dienone is 2. The van der Waals surface area contributed by atoms with E-state index in [1.165, 1.54) is 24.3 Å². The Labute approximate surface area is 257 Å². The van der Waals surface area contributed by atoms with Gasteiger partial charge in [0.25, 0.3) is 0 Å². The van der Waals surface area contributed by atoms with Crippen LogP contribution in [0.15, 0.2) is 95.0 Å². The number of ether oxygens (including phenoxy) is 1. The van der Waals surface area contributed by atoms with Crippen LogP contribution in [0.3, 0.4) is 0 Å². The number of halogens is 4. The van der Waals surface area contributed by atoms with E-state index < -0.39 is 34.8 Å². The van der Waals surface area contributed by atoms with Crippen LogP contribution >= 0.6 is 0 Å². The summed E-state index contributed by atoms with van der Waals surface area (Å²) < 4.78 is 80.8. The summed E-state index contributed by atoms with van der Waals surface area (Å²) in [6.07, 6.45) is 1.04. The number of amides is 1. The van der Waals surface area contributed by atoms with Gasteiger partial charge >= 0.3 is 6.18 Å². The largest absolute Gasteiger partial charge is 0.482 e. The van der Waals surface area contributed by atoms with Crippen molar-refractivity contribution in [3.05, 3.63) is 102 Å². The molecule has 2 heterocycles. The minimum Gasteiger partial charge on any atom is -0.482 e. The lowest BCUT2D eigenvalue weighted by atomic mass is 10.00. The van der Waals surface area contributed by atoms with Gasteiger partial charge in [-0.25, -0.2) is 17.8 Å². The molecular weight excluding hydrogens is 614 g/mol. The molecule has 9 nitrogen and oxygen atoms in total. The number of hydrogen-bond acceptors (Lipinski definition) is 8. The smallest absolute Gasteiger partial charge is 0.422 e. The van der Waals surface area contributed by atoms with E-state index >= 15 is 0 Å². The number of carbonyl (C=O) groups is 1. The Morgan fingerprint density at radius 3 is 2.38 bits per heavy atom. The maximum Gasteiger partial charge on any atom is 0.422 e. The first kappa shape index (κ1) is 31.7. The van der Waals surface area contributed by atoms with Crippen LogP contribution in [0.4, 0.5) is 28.9 Å². The average Bonchev–Trinajstić information content (AvgIpc) is 3.30. The first-order valence-corrected chi connectivity index (χ1v) is 15.5. The number of amidine groups is 1. The second-order valence-corrected chi connectivity index (χ2v) is 12.5. The predicted octanol–water partition coefficient (Wildman–Crippen LogP) is 5.78. The minimum absolute atomic E-state index is 0.132. The highest BCUT2D eigenvalue weighted by molar-refractivity contribution is 7.90. The molecule has 5 rings (SSSR count). The fraction of sp³-hybridized carbons (Fsp3) is 0.226. The summed E-state index contributed by atoms with van der Waals surface area (Å²) in [6.45, 7) is 0.143. The van der Waals surface area contributed by atoms with E-state index in [-0.39, 0.29) is 28.1 Å². The Hall–Kier alpha value is -4.69. The SMILES string of the molecule is CC(C(=O)Nc1ccc(C2=CN3C(=NC(Nc4ccc(S(C)(=O)=O)cc4OCC(F)(F)F)N3C)C=C2)cc1)c1ccc(F)cc1. The maximum absolute atomic E-state index is 13.2. The standard InChI is InChI=1S/C31H29F4N5O4S/c1-19(20-4-9-23(32)10-5-20)29(41)36-24-11-6-21(7-12-24)22-8-15-28-38-30(39(2)40(28)17-22)37-26-14-13-25(45(3,42)43)16-27(26)44-18-31(33,34)35/h4-17,19,30,37H,18H2,1-3H3,(H,36,41). The number of nitrogens with one attached hydrogen (secondary N) is 2. The summed E-state index contributed by atoms with van der Waals surface area (Å²) in [5.74, 6) is -0.808. The van der Waals surface area contributed by atoms with E-state index in [9.17, 15) is 30.8 Å². The highest BCUT2D eigenvalue weighted by Crippen LogP contribution is 2.33. The molecule has 236 valence electrons. The van der Waals surface area contributed by atoms with E-state index in [4.69, 9.17) is 4.74 Å². The molecule has 3 aromatic rings. The molecular formula is C31H29F4N5O4S. The quantitative estimate of drug-likeness (QED) is 0.285. The molecule has 0 saturated heterocycles. The van der Waals surface area contributed by atoms with Crippen molar-refractivity contribution in [1.29, 1.82) is 0 Å². The van der Waals surface area contributed by atoms with Crippen molar-refractivity contribution in [2.24, 2.45) is 4.99 Å². The second-order valence-electron chi connectivity index (χ2n) is 10.5. The topological polar surface area (TPSA) is 103 Å². The molecule has 0 radical (unpaired) electrons. The molecule has 0 spiro atoms. The number of carbonyl (C=O) groups excluding carboxylic acids is 1. The first-order valence-electron chi connectivity index (χ1n) is 13.6. The Bertz CT molecular complexity index is 1790. The third-order valence-electron chi connectivity index (χ3n) is 7.16. The van der Waals surface area contributed by atoms with Gasteiger partial charge in [-0.1, -0.05) is 24.3 Å². The summed E-state index contributed by atoms with van der Waals surface area (Å²) >= 11 is 0. The van der Waals surface area contributed by atoms with Gasteiger partial charge in [-0.2, -0.15) is 18.2 Å². The number of hydrazine groups is 1. The van der Waals surface area contributed by atoms with Crippen LogP contribution in [-0.4, -0.2) is 62.6 Å². The number of hydrogen-bond donors (Lipinski definition) is 2. The summed E-state index contributed by atoms with van der Waals surface area (Å²) in [5, 5.41) is 9.36. The van der Waals surface area contributed by atoms with Crippen molar-refractivity contribution in [2.75, 3.05) is 30.5 Å². The molecule has 0 saturated carbocycles. The summed E-state index contributed by atoms with van der Waals surface area (Å²) in [4.78, 5) is 17.1. The number of fused-ring (bicyclic) bond motifs is 1. The molecule has 2 aliphatic heterocycles.